The van der Waals surface area contributed by atoms with E-state index < -0.39 is 14.1 Å². The molecule has 10 heteroatoms. The molecule has 2 aromatic rings. The molecule has 10 nitrogen and oxygen atoms in total. The van der Waals surface area contributed by atoms with Gasteiger partial charge in [0.2, 0.25) is 11.8 Å². The number of rotatable bonds is 30. The van der Waals surface area contributed by atoms with Crippen LogP contribution in [0.4, 0.5) is 0 Å². The van der Waals surface area contributed by atoms with Crippen molar-refractivity contribution in [3.63, 3.8) is 0 Å². The van der Waals surface area contributed by atoms with Crippen LogP contribution in [0.1, 0.15) is 113 Å². The molecule has 364 valence electrons. The van der Waals surface area contributed by atoms with Crippen molar-refractivity contribution in [2.75, 3.05) is 82.9 Å². The molecule has 64 heavy (non-hydrogen) atoms. The van der Waals surface area contributed by atoms with Crippen molar-refractivity contribution >= 4 is 11.8 Å². The monoisotopic (exact) mass is 901 g/mol. The predicted octanol–water partition coefficient (Wildman–Crippen LogP) is 11.2. The Balaban J connectivity index is 0.000000700. The van der Waals surface area contributed by atoms with Gasteiger partial charge in [0, 0.05) is 80.3 Å². The van der Waals surface area contributed by atoms with Gasteiger partial charge in [0.05, 0.1) is 35.5 Å². The molecule has 0 radical (unpaired) electrons. The van der Waals surface area contributed by atoms with Crippen molar-refractivity contribution in [3.05, 3.63) is 71.8 Å². The van der Waals surface area contributed by atoms with Gasteiger partial charge in [-0.25, -0.2) is 0 Å². The summed E-state index contributed by atoms with van der Waals surface area (Å²) in [6.45, 7) is 19.1. The third-order valence-electron chi connectivity index (χ3n) is 11.7. The fourth-order valence-corrected chi connectivity index (χ4v) is 7.32. The summed E-state index contributed by atoms with van der Waals surface area (Å²) >= 11 is 0. The van der Waals surface area contributed by atoms with Crippen molar-refractivity contribution in [1.82, 2.24) is 9.80 Å². The molecule has 0 aliphatic heterocycles. The normalized spacial score (nSPS) is 15.3. The molecule has 0 saturated heterocycles. The van der Waals surface area contributed by atoms with Gasteiger partial charge in [0.1, 0.15) is 0 Å². The van der Waals surface area contributed by atoms with Crippen molar-refractivity contribution in [2.45, 2.75) is 107 Å². The highest BCUT2D eigenvalue weighted by Crippen LogP contribution is 2.33. The van der Waals surface area contributed by atoms with E-state index in [0.29, 0.717) is 74.4 Å². The summed E-state index contributed by atoms with van der Waals surface area (Å²) in [7, 11) is 5.40. The van der Waals surface area contributed by atoms with Gasteiger partial charge in [-0.15, -0.1) is 0 Å². The highest BCUT2D eigenvalue weighted by molar-refractivity contribution is 5.79. The largest absolute Gasteiger partial charge is 0.493 e. The molecule has 2 amide bonds. The molecule has 0 spiro atoms. The van der Waals surface area contributed by atoms with E-state index in [1.807, 2.05) is 24.3 Å². The van der Waals surface area contributed by atoms with E-state index in [4.69, 9.17) is 36.6 Å². The first-order valence-corrected chi connectivity index (χ1v) is 23.3. The first-order chi connectivity index (χ1) is 32.7. The van der Waals surface area contributed by atoms with Gasteiger partial charge in [0.25, 0.3) is 0 Å². The maximum atomic E-state index is 12.4. The lowest BCUT2D eigenvalue weighted by atomic mass is 9.85. The van der Waals surface area contributed by atoms with Crippen LogP contribution in [-0.2, 0) is 31.9 Å². The van der Waals surface area contributed by atoms with Crippen LogP contribution in [0.25, 0.3) is 0 Å². The molecule has 0 aromatic heterocycles. The summed E-state index contributed by atoms with van der Waals surface area (Å²) in [5, 5.41) is 0. The van der Waals surface area contributed by atoms with E-state index in [-0.39, 0.29) is 47.0 Å². The SMILES string of the molecule is [2H]C([2H])([2H])Oc1ccc(CC(C/C=C/C[C@H](C(=O)N(C)C)C(C)C)C(C)C)cc1OCCCOC.[2H]C([2H])([2H])Oc1ccc(C[C@@H](C/C=C/C[C@H](C(=O)N(C)C)C(C)C)C(C)C)cc1OCCCOC. The second-order valence-electron chi connectivity index (χ2n) is 18.6. The lowest BCUT2D eigenvalue weighted by Gasteiger charge is -2.23. The summed E-state index contributed by atoms with van der Waals surface area (Å²) in [4.78, 5) is 28.2. The van der Waals surface area contributed by atoms with Crippen molar-refractivity contribution < 1.29 is 46.2 Å². The molecule has 0 bridgehead atoms. The highest BCUT2D eigenvalue weighted by Gasteiger charge is 2.24. The summed E-state index contributed by atoms with van der Waals surface area (Å²) < 4.78 is 76.8. The number of carbonyl (C=O) groups excluding carboxylic acids is 2. The Morgan fingerprint density at radius 1 is 0.531 bits per heavy atom. The third kappa shape index (κ3) is 22.3. The standard InChI is InChI=1S/2C27H45NO4/c2*1-20(2)23(12-9-10-13-24(21(3)4)27(29)28(5)6)18-22-14-15-25(31-8)26(19-22)32-17-11-16-30-7/h2*9-10,14-15,19-21,23-24H,11-13,16-18H2,1-8H3/b2*10-9+/t23?,24-;23-,24+/m01/s1/i2*8D3. The minimum atomic E-state index is -2.54. The van der Waals surface area contributed by atoms with Crippen LogP contribution in [-0.4, -0.2) is 105 Å². The van der Waals surface area contributed by atoms with E-state index in [1.54, 1.807) is 64.3 Å². The number of carbonyl (C=O) groups is 2. The maximum absolute atomic E-state index is 12.4. The molecule has 4 atom stereocenters. The first kappa shape index (κ1) is 47.9. The zero-order valence-electron chi connectivity index (χ0n) is 48.0. The third-order valence-corrected chi connectivity index (χ3v) is 11.7. The van der Waals surface area contributed by atoms with Crippen LogP contribution in [0, 0.1) is 47.3 Å². The van der Waals surface area contributed by atoms with Gasteiger partial charge in [-0.3, -0.25) is 9.59 Å². The Hall–Kier alpha value is -4.02. The zero-order chi connectivity index (χ0) is 53.2. The van der Waals surface area contributed by atoms with Gasteiger partial charge in [-0.05, 0) is 109 Å². The van der Waals surface area contributed by atoms with E-state index in [1.165, 1.54) is 0 Å². The Kier molecular flexibility index (Phi) is 24.4. The topological polar surface area (TPSA) is 96.0 Å². The number of methoxy groups -OCH3 is 4. The number of nitrogens with zero attached hydrogens (tertiary/aromatic N) is 2. The highest BCUT2D eigenvalue weighted by atomic mass is 16.5. The summed E-state index contributed by atoms with van der Waals surface area (Å²) in [5.41, 5.74) is 2.14. The van der Waals surface area contributed by atoms with Crippen LogP contribution >= 0.6 is 0 Å². The molecule has 2 rings (SSSR count). The Morgan fingerprint density at radius 2 is 0.891 bits per heavy atom. The Morgan fingerprint density at radius 3 is 1.19 bits per heavy atom. The van der Waals surface area contributed by atoms with Gasteiger partial charge in [-0.1, -0.05) is 91.8 Å². The summed E-state index contributed by atoms with van der Waals surface area (Å²) in [6, 6.07) is 11.0. The average Bonchev–Trinajstić information content (AvgIpc) is 3.25. The van der Waals surface area contributed by atoms with Crippen molar-refractivity contribution in [3.8, 4) is 23.0 Å². The van der Waals surface area contributed by atoms with Crippen LogP contribution in [0.3, 0.4) is 0 Å². The fraction of sp³-hybridized carbons (Fsp3) is 0.667. The quantitative estimate of drug-likeness (QED) is 0.0565. The Bertz CT molecular complexity index is 1710. The minimum absolute atomic E-state index is 0.0117. The van der Waals surface area contributed by atoms with Gasteiger partial charge in [-0.2, -0.15) is 0 Å². The van der Waals surface area contributed by atoms with Gasteiger partial charge < -0.3 is 38.2 Å². The second-order valence-corrected chi connectivity index (χ2v) is 18.6. The number of hydrogen-bond donors (Lipinski definition) is 0. The van der Waals surface area contributed by atoms with E-state index >= 15 is 0 Å². The molecular weight excluding hydrogens is 805 g/mol. The molecule has 1 unspecified atom stereocenters. The summed E-state index contributed by atoms with van der Waals surface area (Å²) in [6.07, 6.45) is 15.0. The number of hydrogen-bond acceptors (Lipinski definition) is 8. The lowest BCUT2D eigenvalue weighted by Crippen LogP contribution is -2.32. The molecule has 0 aliphatic rings. The molecule has 0 aliphatic carbocycles. The number of amides is 2. The molecule has 0 N–H and O–H groups in total. The fourth-order valence-electron chi connectivity index (χ4n) is 7.32. The van der Waals surface area contributed by atoms with E-state index in [2.05, 4.69) is 79.7 Å². The molecule has 2 aromatic carbocycles. The number of ether oxygens (including phenoxy) is 6. The minimum Gasteiger partial charge on any atom is -0.493 e. The van der Waals surface area contributed by atoms with Crippen LogP contribution in [0.2, 0.25) is 0 Å². The zero-order valence-corrected chi connectivity index (χ0v) is 42.0. The van der Waals surface area contributed by atoms with Gasteiger partial charge >= 0.3 is 0 Å². The average molecular weight is 901 g/mol. The lowest BCUT2D eigenvalue weighted by molar-refractivity contribution is -0.135. The predicted molar refractivity (Wildman–Crippen MR) is 265 cm³/mol. The van der Waals surface area contributed by atoms with E-state index in [0.717, 1.165) is 49.7 Å². The Labute approximate surface area is 398 Å². The van der Waals surface area contributed by atoms with Gasteiger partial charge in [0.15, 0.2) is 23.0 Å². The van der Waals surface area contributed by atoms with E-state index in [9.17, 15) is 9.59 Å². The maximum Gasteiger partial charge on any atom is 0.225 e. The molecule has 0 heterocycles. The molecule has 0 fully saturated rings. The first-order valence-electron chi connectivity index (χ1n) is 26.3. The number of benzene rings is 2. The van der Waals surface area contributed by atoms with Crippen molar-refractivity contribution in [1.29, 1.82) is 0 Å². The van der Waals surface area contributed by atoms with Crippen LogP contribution in [0.15, 0.2) is 60.7 Å². The number of allylic oxidation sites excluding steroid dienone is 4. The van der Waals surface area contributed by atoms with Crippen molar-refractivity contribution in [2.24, 2.45) is 47.3 Å². The molecular formula is C54H90N2O8. The van der Waals surface area contributed by atoms with Crippen LogP contribution in [0.5, 0.6) is 23.0 Å². The second kappa shape index (κ2) is 32.6. The molecule has 0 saturated carbocycles. The smallest absolute Gasteiger partial charge is 0.225 e. The van der Waals surface area contributed by atoms with Crippen LogP contribution < -0.4 is 18.9 Å². The summed E-state index contributed by atoms with van der Waals surface area (Å²) in [5.74, 6) is 3.89.